The van der Waals surface area contributed by atoms with Crippen molar-refractivity contribution < 1.29 is 9.59 Å². The third-order valence-electron chi connectivity index (χ3n) is 2.52. The number of carbonyl (C=O) groups is 2. The van der Waals surface area contributed by atoms with Gasteiger partial charge < -0.3 is 10.6 Å². The zero-order valence-corrected chi connectivity index (χ0v) is 10.6. The lowest BCUT2D eigenvalue weighted by molar-refractivity contribution is -0.115. The summed E-state index contributed by atoms with van der Waals surface area (Å²) in [4.78, 5) is 24.2. The van der Waals surface area contributed by atoms with E-state index in [1.54, 1.807) is 12.1 Å². The predicted molar refractivity (Wildman–Crippen MR) is 71.6 cm³/mol. The Bertz CT molecular complexity index is 548. The molecule has 0 aromatic heterocycles. The SMILES string of the molecule is C#CCNC(=O)c1ccc2c(c1)NC(=O)[C@@H](C)S2. The Kier molecular flexibility index (Phi) is 3.58. The van der Waals surface area contributed by atoms with Crippen LogP contribution in [0.3, 0.4) is 0 Å². The number of rotatable bonds is 2. The molecule has 2 rings (SSSR count). The number of thioether (sulfide) groups is 1. The fourth-order valence-corrected chi connectivity index (χ4v) is 2.51. The van der Waals surface area contributed by atoms with E-state index >= 15 is 0 Å². The molecule has 0 aliphatic carbocycles. The normalized spacial score (nSPS) is 17.3. The van der Waals surface area contributed by atoms with Gasteiger partial charge in [0, 0.05) is 10.5 Å². The van der Waals surface area contributed by atoms with Crippen molar-refractivity contribution in [2.45, 2.75) is 17.1 Å². The van der Waals surface area contributed by atoms with E-state index in [1.807, 2.05) is 13.0 Å². The van der Waals surface area contributed by atoms with Crippen LogP contribution in [0.1, 0.15) is 17.3 Å². The summed E-state index contributed by atoms with van der Waals surface area (Å²) >= 11 is 1.48. The van der Waals surface area contributed by atoms with E-state index in [2.05, 4.69) is 16.6 Å². The number of anilines is 1. The van der Waals surface area contributed by atoms with Gasteiger partial charge in [-0.3, -0.25) is 9.59 Å². The van der Waals surface area contributed by atoms with E-state index in [4.69, 9.17) is 6.42 Å². The van der Waals surface area contributed by atoms with Gasteiger partial charge in [-0.1, -0.05) is 5.92 Å². The molecule has 4 nitrogen and oxygen atoms in total. The first-order chi connectivity index (χ1) is 8.61. The van der Waals surface area contributed by atoms with Gasteiger partial charge in [-0.2, -0.15) is 0 Å². The summed E-state index contributed by atoms with van der Waals surface area (Å²) in [5, 5.41) is 5.25. The molecule has 1 heterocycles. The van der Waals surface area contributed by atoms with Gasteiger partial charge in [0.1, 0.15) is 0 Å². The quantitative estimate of drug-likeness (QED) is 0.792. The van der Waals surface area contributed by atoms with Gasteiger partial charge in [-0.15, -0.1) is 18.2 Å². The smallest absolute Gasteiger partial charge is 0.252 e. The summed E-state index contributed by atoms with van der Waals surface area (Å²) in [6, 6.07) is 5.22. The molecule has 0 unspecified atom stereocenters. The predicted octanol–water partition coefficient (Wildman–Crippen LogP) is 1.48. The monoisotopic (exact) mass is 260 g/mol. The van der Waals surface area contributed by atoms with Crippen LogP contribution < -0.4 is 10.6 Å². The lowest BCUT2D eigenvalue weighted by atomic mass is 10.1. The highest BCUT2D eigenvalue weighted by molar-refractivity contribution is 8.00. The average Bonchev–Trinajstić information content (AvgIpc) is 2.36. The molecule has 18 heavy (non-hydrogen) atoms. The Morgan fingerprint density at radius 2 is 2.39 bits per heavy atom. The molecule has 1 aliphatic rings. The maximum absolute atomic E-state index is 11.7. The van der Waals surface area contributed by atoms with E-state index in [0.29, 0.717) is 11.3 Å². The third-order valence-corrected chi connectivity index (χ3v) is 3.70. The molecule has 0 fully saturated rings. The molecule has 0 radical (unpaired) electrons. The average molecular weight is 260 g/mol. The maximum Gasteiger partial charge on any atom is 0.252 e. The number of terminal acetylenes is 1. The van der Waals surface area contributed by atoms with Gasteiger partial charge in [-0.25, -0.2) is 0 Å². The maximum atomic E-state index is 11.7. The number of benzene rings is 1. The highest BCUT2D eigenvalue weighted by Gasteiger charge is 2.23. The Morgan fingerprint density at radius 1 is 1.61 bits per heavy atom. The first kappa shape index (κ1) is 12.5. The van der Waals surface area contributed by atoms with Crippen LogP contribution in [-0.4, -0.2) is 23.6 Å². The van der Waals surface area contributed by atoms with E-state index < -0.39 is 0 Å². The number of nitrogens with one attached hydrogen (secondary N) is 2. The van der Waals surface area contributed by atoms with Crippen LogP contribution in [0.15, 0.2) is 23.1 Å². The summed E-state index contributed by atoms with van der Waals surface area (Å²) in [5.41, 5.74) is 1.16. The molecule has 1 aliphatic heterocycles. The van der Waals surface area contributed by atoms with Crippen molar-refractivity contribution in [3.8, 4) is 12.3 Å². The van der Waals surface area contributed by atoms with E-state index in [-0.39, 0.29) is 23.6 Å². The second-order valence-corrected chi connectivity index (χ2v) is 5.23. The highest BCUT2D eigenvalue weighted by Crippen LogP contribution is 2.35. The Morgan fingerprint density at radius 3 is 3.11 bits per heavy atom. The Hall–Kier alpha value is -1.93. The number of hydrogen-bond donors (Lipinski definition) is 2. The zero-order chi connectivity index (χ0) is 13.1. The minimum atomic E-state index is -0.242. The molecule has 2 N–H and O–H groups in total. The van der Waals surface area contributed by atoms with E-state index in [1.165, 1.54) is 11.8 Å². The van der Waals surface area contributed by atoms with Crippen molar-refractivity contribution in [2.24, 2.45) is 0 Å². The third kappa shape index (κ3) is 2.49. The molecule has 0 saturated heterocycles. The molecule has 92 valence electrons. The van der Waals surface area contributed by atoms with Crippen LogP contribution in [-0.2, 0) is 4.79 Å². The summed E-state index contributed by atoms with van der Waals surface area (Å²) in [5.74, 6) is 2.05. The minimum absolute atomic E-state index is 0.0475. The van der Waals surface area contributed by atoms with E-state index in [9.17, 15) is 9.59 Å². The van der Waals surface area contributed by atoms with Gasteiger partial charge in [0.2, 0.25) is 5.91 Å². The van der Waals surface area contributed by atoms with Crippen LogP contribution in [0.25, 0.3) is 0 Å². The van der Waals surface area contributed by atoms with E-state index in [0.717, 1.165) is 4.90 Å². The molecule has 2 amide bonds. The molecule has 1 aromatic carbocycles. The molecule has 5 heteroatoms. The largest absolute Gasteiger partial charge is 0.341 e. The topological polar surface area (TPSA) is 58.2 Å². The number of amides is 2. The Labute approximate surface area is 110 Å². The van der Waals surface area contributed by atoms with Crippen molar-refractivity contribution in [1.29, 1.82) is 0 Å². The molecular weight excluding hydrogens is 248 g/mol. The van der Waals surface area contributed by atoms with Crippen molar-refractivity contribution in [2.75, 3.05) is 11.9 Å². The fourth-order valence-electron chi connectivity index (χ4n) is 1.58. The molecule has 0 spiro atoms. The van der Waals surface area contributed by atoms with Crippen LogP contribution in [0.5, 0.6) is 0 Å². The summed E-state index contributed by atoms with van der Waals surface area (Å²) in [6.07, 6.45) is 5.07. The van der Waals surface area contributed by atoms with Crippen molar-refractivity contribution in [3.05, 3.63) is 23.8 Å². The molecule has 0 bridgehead atoms. The van der Waals surface area contributed by atoms with Crippen LogP contribution >= 0.6 is 11.8 Å². The van der Waals surface area contributed by atoms with Gasteiger partial charge in [0.05, 0.1) is 17.5 Å². The lowest BCUT2D eigenvalue weighted by Gasteiger charge is -2.21. The number of hydrogen-bond acceptors (Lipinski definition) is 3. The zero-order valence-electron chi connectivity index (χ0n) is 9.82. The van der Waals surface area contributed by atoms with Gasteiger partial charge in [-0.05, 0) is 25.1 Å². The summed E-state index contributed by atoms with van der Waals surface area (Å²) in [6.45, 7) is 2.03. The first-order valence-electron chi connectivity index (χ1n) is 5.45. The van der Waals surface area contributed by atoms with Crippen LogP contribution in [0.2, 0.25) is 0 Å². The second-order valence-electron chi connectivity index (χ2n) is 3.85. The van der Waals surface area contributed by atoms with Crippen molar-refractivity contribution in [3.63, 3.8) is 0 Å². The molecule has 0 saturated carbocycles. The number of carbonyl (C=O) groups excluding carboxylic acids is 2. The van der Waals surface area contributed by atoms with Gasteiger partial charge in [0.25, 0.3) is 5.91 Å². The van der Waals surface area contributed by atoms with Gasteiger partial charge >= 0.3 is 0 Å². The van der Waals surface area contributed by atoms with Crippen molar-refractivity contribution >= 4 is 29.3 Å². The molecule has 1 atom stereocenters. The van der Waals surface area contributed by atoms with Crippen LogP contribution in [0, 0.1) is 12.3 Å². The van der Waals surface area contributed by atoms with Crippen molar-refractivity contribution in [1.82, 2.24) is 5.32 Å². The number of fused-ring (bicyclic) bond motifs is 1. The standard InChI is InChI=1S/C13H12N2O2S/c1-3-6-14-13(17)9-4-5-11-10(7-9)15-12(16)8(2)18-11/h1,4-5,7-8H,6H2,2H3,(H,14,17)(H,15,16)/t8-/m1/s1. The first-order valence-corrected chi connectivity index (χ1v) is 6.33. The van der Waals surface area contributed by atoms with Crippen LogP contribution in [0.4, 0.5) is 5.69 Å². The second kappa shape index (κ2) is 5.15. The molecule has 1 aromatic rings. The Balaban J connectivity index is 2.23. The minimum Gasteiger partial charge on any atom is -0.341 e. The fraction of sp³-hybridized carbons (Fsp3) is 0.231. The van der Waals surface area contributed by atoms with Gasteiger partial charge in [0.15, 0.2) is 0 Å². The highest BCUT2D eigenvalue weighted by atomic mass is 32.2. The molecular formula is C13H12N2O2S. The lowest BCUT2D eigenvalue weighted by Crippen LogP contribution is -2.27. The summed E-state index contributed by atoms with van der Waals surface area (Å²) < 4.78 is 0. The summed E-state index contributed by atoms with van der Waals surface area (Å²) in [7, 11) is 0.